The summed E-state index contributed by atoms with van der Waals surface area (Å²) in [5.41, 5.74) is 5.45. The van der Waals surface area contributed by atoms with Crippen molar-refractivity contribution in [2.45, 2.75) is 26.2 Å². The number of nitrogens with zero attached hydrogens (tertiary/aromatic N) is 1. The maximum atomic E-state index is 5.45. The molecule has 0 aromatic rings. The third kappa shape index (κ3) is 6.32. The van der Waals surface area contributed by atoms with E-state index in [2.05, 4.69) is 21.0 Å². The molecule has 0 aromatic heterocycles. The molecule has 0 saturated carbocycles. The summed E-state index contributed by atoms with van der Waals surface area (Å²) >= 11 is 0. The molecule has 0 aliphatic carbocycles. The Balaban J connectivity index is 3.43. The van der Waals surface area contributed by atoms with E-state index >= 15 is 0 Å². The van der Waals surface area contributed by atoms with Crippen molar-refractivity contribution in [3.05, 3.63) is 0 Å². The number of hydrogen-bond acceptors (Lipinski definition) is 1. The Hall–Kier alpha value is -0.0800. The average molecular weight is 159 g/mol. The molecular weight excluding hydrogens is 136 g/mol. The lowest BCUT2D eigenvalue weighted by molar-refractivity contribution is -0.890. The van der Waals surface area contributed by atoms with Crippen LogP contribution >= 0.6 is 0 Å². The van der Waals surface area contributed by atoms with Crippen LogP contribution < -0.4 is 5.73 Å². The van der Waals surface area contributed by atoms with Crippen LogP contribution in [0.5, 0.6) is 0 Å². The van der Waals surface area contributed by atoms with E-state index in [4.69, 9.17) is 5.73 Å². The molecule has 0 amide bonds. The molecule has 0 fully saturated rings. The molecule has 0 atom stereocenters. The molecule has 0 aromatic carbocycles. The average Bonchev–Trinajstić information content (AvgIpc) is 1.97. The second-order valence-corrected chi connectivity index (χ2v) is 3.88. The van der Waals surface area contributed by atoms with Crippen molar-refractivity contribution in [1.29, 1.82) is 0 Å². The van der Waals surface area contributed by atoms with Crippen molar-refractivity contribution in [3.63, 3.8) is 0 Å². The van der Waals surface area contributed by atoms with Gasteiger partial charge in [0.15, 0.2) is 0 Å². The quantitative estimate of drug-likeness (QED) is 0.579. The zero-order valence-corrected chi connectivity index (χ0v) is 8.27. The van der Waals surface area contributed by atoms with Crippen LogP contribution in [0.3, 0.4) is 0 Å². The predicted octanol–water partition coefficient (Wildman–Crippen LogP) is 1.21. The molecule has 0 radical (unpaired) electrons. The zero-order valence-electron chi connectivity index (χ0n) is 8.27. The lowest BCUT2D eigenvalue weighted by Crippen LogP contribution is -2.41. The van der Waals surface area contributed by atoms with Gasteiger partial charge in [-0.25, -0.2) is 0 Å². The Kier molecular flexibility index (Phi) is 5.51. The molecule has 0 rings (SSSR count). The number of nitrogens with two attached hydrogens (primary N) is 1. The number of quaternary nitrogens is 1. The van der Waals surface area contributed by atoms with Crippen LogP contribution in [-0.4, -0.2) is 38.2 Å². The van der Waals surface area contributed by atoms with E-state index < -0.39 is 0 Å². The topological polar surface area (TPSA) is 26.0 Å². The van der Waals surface area contributed by atoms with Crippen LogP contribution in [0, 0.1) is 0 Å². The van der Waals surface area contributed by atoms with E-state index in [1.165, 1.54) is 25.9 Å². The van der Waals surface area contributed by atoms with Crippen LogP contribution in [0.2, 0.25) is 0 Å². The van der Waals surface area contributed by atoms with Crippen molar-refractivity contribution in [3.8, 4) is 0 Å². The van der Waals surface area contributed by atoms with Crippen LogP contribution in [-0.2, 0) is 0 Å². The highest BCUT2D eigenvalue weighted by atomic mass is 15.3. The van der Waals surface area contributed by atoms with Gasteiger partial charge in [0.05, 0.1) is 27.2 Å². The van der Waals surface area contributed by atoms with E-state index in [1.807, 2.05) is 0 Å². The molecule has 0 unspecified atom stereocenters. The van der Waals surface area contributed by atoms with Crippen LogP contribution in [0.25, 0.3) is 0 Å². The Morgan fingerprint density at radius 3 is 2.09 bits per heavy atom. The van der Waals surface area contributed by atoms with Gasteiger partial charge in [0.2, 0.25) is 0 Å². The van der Waals surface area contributed by atoms with E-state index in [0.29, 0.717) is 0 Å². The zero-order chi connectivity index (χ0) is 8.74. The van der Waals surface area contributed by atoms with Gasteiger partial charge in [-0.3, -0.25) is 0 Å². The number of unbranched alkanes of at least 4 members (excludes halogenated alkanes) is 1. The van der Waals surface area contributed by atoms with E-state index in [0.717, 1.165) is 17.4 Å². The first-order valence-corrected chi connectivity index (χ1v) is 4.64. The van der Waals surface area contributed by atoms with Crippen LogP contribution in [0.1, 0.15) is 26.2 Å². The molecule has 2 N–H and O–H groups in total. The fourth-order valence-corrected chi connectivity index (χ4v) is 1.22. The second-order valence-electron chi connectivity index (χ2n) is 3.88. The SMILES string of the molecule is CCCC[N+](C)(C)CCCN. The maximum Gasteiger partial charge on any atom is 0.0794 e. The van der Waals surface area contributed by atoms with Crippen molar-refractivity contribution in [2.24, 2.45) is 5.73 Å². The van der Waals surface area contributed by atoms with Gasteiger partial charge in [0, 0.05) is 6.42 Å². The molecule has 2 heteroatoms. The fraction of sp³-hybridized carbons (Fsp3) is 1.00. The number of hydrogen-bond donors (Lipinski definition) is 1. The van der Waals surface area contributed by atoms with Gasteiger partial charge in [-0.2, -0.15) is 0 Å². The molecule has 2 nitrogen and oxygen atoms in total. The normalized spacial score (nSPS) is 12.0. The van der Waals surface area contributed by atoms with E-state index in [1.54, 1.807) is 0 Å². The third-order valence-corrected chi connectivity index (χ3v) is 2.08. The standard InChI is InChI=1S/C9H23N2/c1-4-5-8-11(2,3)9-6-7-10/h4-10H2,1-3H3/q+1. The van der Waals surface area contributed by atoms with Crippen molar-refractivity contribution in [1.82, 2.24) is 0 Å². The van der Waals surface area contributed by atoms with Gasteiger partial charge >= 0.3 is 0 Å². The second kappa shape index (κ2) is 5.56. The van der Waals surface area contributed by atoms with Gasteiger partial charge in [-0.15, -0.1) is 0 Å². The van der Waals surface area contributed by atoms with Crippen molar-refractivity contribution in [2.75, 3.05) is 33.7 Å². The fourth-order valence-electron chi connectivity index (χ4n) is 1.22. The summed E-state index contributed by atoms with van der Waals surface area (Å²) < 4.78 is 1.13. The van der Waals surface area contributed by atoms with Crippen molar-refractivity contribution >= 4 is 0 Å². The first kappa shape index (κ1) is 10.9. The summed E-state index contributed by atoms with van der Waals surface area (Å²) in [5, 5.41) is 0. The minimum absolute atomic E-state index is 0.827. The lowest BCUT2D eigenvalue weighted by atomic mass is 10.2. The summed E-state index contributed by atoms with van der Waals surface area (Å²) in [4.78, 5) is 0. The molecule has 0 saturated heterocycles. The van der Waals surface area contributed by atoms with Gasteiger partial charge < -0.3 is 10.2 Å². The molecule has 0 spiro atoms. The monoisotopic (exact) mass is 159 g/mol. The summed E-state index contributed by atoms with van der Waals surface area (Å²) in [6, 6.07) is 0. The Bertz CT molecular complexity index is 79.6. The summed E-state index contributed by atoms with van der Waals surface area (Å²) in [5.74, 6) is 0. The highest BCUT2D eigenvalue weighted by Crippen LogP contribution is 2.01. The maximum absolute atomic E-state index is 5.45. The predicted molar refractivity (Wildman–Crippen MR) is 50.4 cm³/mol. The van der Waals surface area contributed by atoms with Gasteiger partial charge in [-0.1, -0.05) is 13.3 Å². The lowest BCUT2D eigenvalue weighted by Gasteiger charge is -2.29. The van der Waals surface area contributed by atoms with E-state index in [9.17, 15) is 0 Å². The minimum Gasteiger partial charge on any atom is -0.330 e. The van der Waals surface area contributed by atoms with E-state index in [-0.39, 0.29) is 0 Å². The van der Waals surface area contributed by atoms with Crippen molar-refractivity contribution < 1.29 is 4.48 Å². The van der Waals surface area contributed by atoms with Crippen LogP contribution in [0.4, 0.5) is 0 Å². The van der Waals surface area contributed by atoms with Gasteiger partial charge in [0.25, 0.3) is 0 Å². The minimum atomic E-state index is 0.827. The van der Waals surface area contributed by atoms with Crippen LogP contribution in [0.15, 0.2) is 0 Å². The first-order valence-electron chi connectivity index (χ1n) is 4.64. The Morgan fingerprint density at radius 1 is 1.09 bits per heavy atom. The largest absolute Gasteiger partial charge is 0.330 e. The summed E-state index contributed by atoms with van der Waals surface area (Å²) in [6.07, 6.45) is 3.78. The molecule has 0 heterocycles. The van der Waals surface area contributed by atoms with Gasteiger partial charge in [-0.05, 0) is 13.0 Å². The molecule has 11 heavy (non-hydrogen) atoms. The smallest absolute Gasteiger partial charge is 0.0794 e. The molecule has 68 valence electrons. The molecule has 0 aliphatic heterocycles. The summed E-state index contributed by atoms with van der Waals surface area (Å²) in [6.45, 7) is 5.57. The highest BCUT2D eigenvalue weighted by Gasteiger charge is 2.11. The van der Waals surface area contributed by atoms with Gasteiger partial charge in [0.1, 0.15) is 0 Å². The first-order chi connectivity index (χ1) is 5.12. The molecular formula is C9H23N2+. The third-order valence-electron chi connectivity index (χ3n) is 2.08. The molecule has 0 aliphatic rings. The Morgan fingerprint density at radius 2 is 1.64 bits per heavy atom. The Labute approximate surface area is 71.0 Å². The summed E-state index contributed by atoms with van der Waals surface area (Å²) in [7, 11) is 4.57. The highest BCUT2D eigenvalue weighted by molar-refractivity contribution is 4.39. The number of rotatable bonds is 6. The molecule has 0 bridgehead atoms.